The molecule has 0 atom stereocenters. The number of rotatable bonds is 2. The number of nitrogens with one attached hydrogen (secondary N) is 2. The lowest BCUT2D eigenvalue weighted by molar-refractivity contribution is 0.102. The molecule has 0 saturated carbocycles. The van der Waals surface area contributed by atoms with Crippen LogP contribution in [0.3, 0.4) is 0 Å². The van der Waals surface area contributed by atoms with Gasteiger partial charge in [-0.15, -0.1) is 0 Å². The van der Waals surface area contributed by atoms with Gasteiger partial charge in [0.25, 0.3) is 5.91 Å². The fraction of sp³-hybridized carbons (Fsp3) is 0. The first-order chi connectivity index (χ1) is 9.63. The van der Waals surface area contributed by atoms with Gasteiger partial charge in [-0.05, 0) is 36.4 Å². The molecular weight excluding hydrogens is 262 g/mol. The highest BCUT2D eigenvalue weighted by atomic mass is 19.1. The molecule has 0 bridgehead atoms. The van der Waals surface area contributed by atoms with Crippen LogP contribution in [-0.2, 0) is 0 Å². The van der Waals surface area contributed by atoms with Crippen molar-refractivity contribution in [1.29, 1.82) is 0 Å². The van der Waals surface area contributed by atoms with Crippen molar-refractivity contribution in [3.05, 3.63) is 65.9 Å². The zero-order chi connectivity index (χ0) is 14.1. The van der Waals surface area contributed by atoms with E-state index in [0.717, 1.165) is 29.1 Å². The predicted molar refractivity (Wildman–Crippen MR) is 72.6 cm³/mol. The maximum atomic E-state index is 13.5. The summed E-state index contributed by atoms with van der Waals surface area (Å²) < 4.78 is 26.5. The standard InChI is InChI=1S/C15H10F2N2O/c16-11-2-3-12(17)14(8-11)19-15(20)10-1-4-13-9(7-10)5-6-18-13/h1-8,18H,(H,19,20). The number of aromatic amines is 1. The van der Waals surface area contributed by atoms with E-state index in [0.29, 0.717) is 5.56 Å². The number of amides is 1. The molecule has 1 aromatic heterocycles. The molecular formula is C15H10F2N2O. The maximum absolute atomic E-state index is 13.5. The van der Waals surface area contributed by atoms with Gasteiger partial charge in [-0.1, -0.05) is 0 Å². The molecule has 0 aliphatic carbocycles. The number of hydrogen-bond acceptors (Lipinski definition) is 1. The van der Waals surface area contributed by atoms with Crippen LogP contribution in [0.5, 0.6) is 0 Å². The van der Waals surface area contributed by atoms with Crippen LogP contribution in [0.25, 0.3) is 10.9 Å². The summed E-state index contributed by atoms with van der Waals surface area (Å²) in [7, 11) is 0. The molecule has 3 aromatic rings. The number of carbonyl (C=O) groups excluding carboxylic acids is 1. The third-order valence-corrected chi connectivity index (χ3v) is 2.99. The van der Waals surface area contributed by atoms with Gasteiger partial charge in [-0.25, -0.2) is 8.78 Å². The molecule has 0 fully saturated rings. The van der Waals surface area contributed by atoms with Gasteiger partial charge < -0.3 is 10.3 Å². The average molecular weight is 272 g/mol. The summed E-state index contributed by atoms with van der Waals surface area (Å²) >= 11 is 0. The highest BCUT2D eigenvalue weighted by molar-refractivity contribution is 6.06. The Morgan fingerprint density at radius 3 is 2.75 bits per heavy atom. The summed E-state index contributed by atoms with van der Waals surface area (Å²) in [6.07, 6.45) is 1.76. The molecule has 0 unspecified atom stereocenters. The van der Waals surface area contributed by atoms with Crippen molar-refractivity contribution in [2.24, 2.45) is 0 Å². The van der Waals surface area contributed by atoms with E-state index in [-0.39, 0.29) is 5.69 Å². The predicted octanol–water partition coefficient (Wildman–Crippen LogP) is 3.70. The van der Waals surface area contributed by atoms with E-state index in [1.165, 1.54) is 0 Å². The highest BCUT2D eigenvalue weighted by Gasteiger charge is 2.11. The van der Waals surface area contributed by atoms with Crippen LogP contribution >= 0.6 is 0 Å². The van der Waals surface area contributed by atoms with Gasteiger partial charge in [0.1, 0.15) is 11.6 Å². The molecule has 3 rings (SSSR count). The second kappa shape index (κ2) is 4.77. The van der Waals surface area contributed by atoms with Crippen molar-refractivity contribution in [2.75, 3.05) is 5.32 Å². The normalized spacial score (nSPS) is 10.7. The number of halogens is 2. The zero-order valence-electron chi connectivity index (χ0n) is 10.3. The van der Waals surface area contributed by atoms with Crippen molar-refractivity contribution >= 4 is 22.5 Å². The molecule has 20 heavy (non-hydrogen) atoms. The van der Waals surface area contributed by atoms with Gasteiger partial charge in [-0.2, -0.15) is 0 Å². The molecule has 2 N–H and O–H groups in total. The molecule has 5 heteroatoms. The average Bonchev–Trinajstić information content (AvgIpc) is 2.90. The molecule has 2 aromatic carbocycles. The van der Waals surface area contributed by atoms with E-state index in [1.54, 1.807) is 24.4 Å². The Bertz CT molecular complexity index is 795. The van der Waals surface area contributed by atoms with E-state index in [4.69, 9.17) is 0 Å². The molecule has 0 saturated heterocycles. The van der Waals surface area contributed by atoms with Crippen LogP contribution in [0.2, 0.25) is 0 Å². The van der Waals surface area contributed by atoms with Crippen LogP contribution in [0.4, 0.5) is 14.5 Å². The first-order valence-corrected chi connectivity index (χ1v) is 5.97. The van der Waals surface area contributed by atoms with Crippen molar-refractivity contribution in [3.63, 3.8) is 0 Å². The van der Waals surface area contributed by atoms with Crippen molar-refractivity contribution in [3.8, 4) is 0 Å². The fourth-order valence-corrected chi connectivity index (χ4v) is 1.98. The Morgan fingerprint density at radius 2 is 1.90 bits per heavy atom. The Kier molecular flexibility index (Phi) is 2.95. The first-order valence-electron chi connectivity index (χ1n) is 5.97. The Hall–Kier alpha value is -2.69. The number of benzene rings is 2. The summed E-state index contributed by atoms with van der Waals surface area (Å²) in [6, 6.07) is 9.80. The van der Waals surface area contributed by atoms with E-state index in [9.17, 15) is 13.6 Å². The van der Waals surface area contributed by atoms with Crippen molar-refractivity contribution < 1.29 is 13.6 Å². The van der Waals surface area contributed by atoms with E-state index >= 15 is 0 Å². The van der Waals surface area contributed by atoms with Gasteiger partial charge in [0, 0.05) is 28.7 Å². The van der Waals surface area contributed by atoms with Crippen LogP contribution in [0.15, 0.2) is 48.7 Å². The molecule has 0 radical (unpaired) electrons. The Balaban J connectivity index is 1.90. The van der Waals surface area contributed by atoms with E-state index in [2.05, 4.69) is 10.3 Å². The fourth-order valence-electron chi connectivity index (χ4n) is 1.98. The monoisotopic (exact) mass is 272 g/mol. The molecule has 0 aliphatic rings. The second-order valence-electron chi connectivity index (χ2n) is 4.36. The van der Waals surface area contributed by atoms with Crippen molar-refractivity contribution in [1.82, 2.24) is 4.98 Å². The third kappa shape index (κ3) is 2.25. The lowest BCUT2D eigenvalue weighted by atomic mass is 10.1. The number of hydrogen-bond donors (Lipinski definition) is 2. The summed E-state index contributed by atoms with van der Waals surface area (Å²) in [5.41, 5.74) is 1.10. The summed E-state index contributed by atoms with van der Waals surface area (Å²) in [4.78, 5) is 15.0. The highest BCUT2D eigenvalue weighted by Crippen LogP contribution is 2.18. The summed E-state index contributed by atoms with van der Waals surface area (Å²) in [5, 5.41) is 3.23. The van der Waals surface area contributed by atoms with Gasteiger partial charge >= 0.3 is 0 Å². The minimum atomic E-state index is -0.678. The zero-order valence-corrected chi connectivity index (χ0v) is 10.3. The Morgan fingerprint density at radius 1 is 1.05 bits per heavy atom. The second-order valence-corrected chi connectivity index (χ2v) is 4.36. The lowest BCUT2D eigenvalue weighted by Gasteiger charge is -2.06. The van der Waals surface area contributed by atoms with Gasteiger partial charge in [-0.3, -0.25) is 4.79 Å². The number of carbonyl (C=O) groups is 1. The number of fused-ring (bicyclic) bond motifs is 1. The van der Waals surface area contributed by atoms with E-state index in [1.807, 2.05) is 6.07 Å². The molecule has 0 aliphatic heterocycles. The first kappa shape index (κ1) is 12.3. The summed E-state index contributed by atoms with van der Waals surface area (Å²) in [6.45, 7) is 0. The smallest absolute Gasteiger partial charge is 0.255 e. The Labute approximate surface area is 113 Å². The molecule has 3 nitrogen and oxygen atoms in total. The minimum absolute atomic E-state index is 0.177. The van der Waals surface area contributed by atoms with Crippen molar-refractivity contribution in [2.45, 2.75) is 0 Å². The minimum Gasteiger partial charge on any atom is -0.361 e. The molecule has 1 heterocycles. The van der Waals surface area contributed by atoms with Gasteiger partial charge in [0.2, 0.25) is 0 Å². The quantitative estimate of drug-likeness (QED) is 0.734. The molecule has 0 spiro atoms. The van der Waals surface area contributed by atoms with Gasteiger partial charge in [0.15, 0.2) is 0 Å². The van der Waals surface area contributed by atoms with Gasteiger partial charge in [0.05, 0.1) is 5.69 Å². The third-order valence-electron chi connectivity index (χ3n) is 2.99. The topological polar surface area (TPSA) is 44.9 Å². The van der Waals surface area contributed by atoms with Crippen LogP contribution < -0.4 is 5.32 Å². The molecule has 100 valence electrons. The molecule has 1 amide bonds. The van der Waals surface area contributed by atoms with Crippen LogP contribution in [0, 0.1) is 11.6 Å². The number of anilines is 1. The number of aromatic nitrogens is 1. The van der Waals surface area contributed by atoms with E-state index < -0.39 is 17.5 Å². The SMILES string of the molecule is O=C(Nc1cc(F)ccc1F)c1ccc2[nH]ccc2c1. The maximum Gasteiger partial charge on any atom is 0.255 e. The van der Waals surface area contributed by atoms with Crippen LogP contribution in [-0.4, -0.2) is 10.9 Å². The lowest BCUT2D eigenvalue weighted by Crippen LogP contribution is -2.13. The largest absolute Gasteiger partial charge is 0.361 e. The number of H-pyrrole nitrogens is 1. The van der Waals surface area contributed by atoms with Crippen LogP contribution in [0.1, 0.15) is 10.4 Å². The summed E-state index contributed by atoms with van der Waals surface area (Å²) in [5.74, 6) is -1.78.